The molecule has 1 aromatic rings. The van der Waals surface area contributed by atoms with Gasteiger partial charge in [-0.3, -0.25) is 4.79 Å². The summed E-state index contributed by atoms with van der Waals surface area (Å²) in [6.45, 7) is 5.05. The Labute approximate surface area is 126 Å². The molecule has 2 fully saturated rings. The van der Waals surface area contributed by atoms with Gasteiger partial charge in [0.1, 0.15) is 0 Å². The molecule has 2 heterocycles. The first-order valence-corrected chi connectivity index (χ1v) is 7.71. The Morgan fingerprint density at radius 2 is 2.26 bits per heavy atom. The summed E-state index contributed by atoms with van der Waals surface area (Å²) in [7, 11) is 0. The van der Waals surface area contributed by atoms with E-state index in [1.54, 1.807) is 6.07 Å². The first-order valence-electron chi connectivity index (χ1n) is 6.54. The Morgan fingerprint density at radius 1 is 1.47 bits per heavy atom. The Bertz CT molecular complexity index is 522. The van der Waals surface area contributed by atoms with Crippen LogP contribution >= 0.6 is 27.5 Å². The van der Waals surface area contributed by atoms with E-state index in [9.17, 15) is 4.79 Å². The molecule has 1 amide bonds. The molecule has 1 N–H and O–H groups in total. The number of nitrogens with zero attached hydrogens (tertiary/aromatic N) is 1. The maximum atomic E-state index is 12.6. The smallest absolute Gasteiger partial charge is 0.254 e. The molecule has 0 aromatic heterocycles. The molecule has 1 aromatic carbocycles. The summed E-state index contributed by atoms with van der Waals surface area (Å²) in [5.74, 6) is 1.29. The zero-order chi connectivity index (χ0) is 13.6. The van der Waals surface area contributed by atoms with Gasteiger partial charge in [-0.1, -0.05) is 11.6 Å². The van der Waals surface area contributed by atoms with Gasteiger partial charge >= 0.3 is 0 Å². The van der Waals surface area contributed by atoms with Gasteiger partial charge in [0.15, 0.2) is 0 Å². The maximum Gasteiger partial charge on any atom is 0.254 e. The van der Waals surface area contributed by atoms with Crippen molar-refractivity contribution in [2.75, 3.05) is 19.6 Å². The molecule has 5 heteroatoms. The number of carbonyl (C=O) groups is 1. The molecular formula is C14H16BrClN2O. The van der Waals surface area contributed by atoms with Crippen molar-refractivity contribution in [3.05, 3.63) is 33.3 Å². The lowest BCUT2D eigenvalue weighted by Crippen LogP contribution is -2.38. The summed E-state index contributed by atoms with van der Waals surface area (Å²) in [5, 5.41) is 3.99. The predicted molar refractivity (Wildman–Crippen MR) is 79.5 cm³/mol. The van der Waals surface area contributed by atoms with Crippen LogP contribution in [-0.4, -0.2) is 36.5 Å². The molecule has 3 atom stereocenters. The minimum Gasteiger partial charge on any atom is -0.335 e. The molecule has 0 saturated carbocycles. The number of hydrogen-bond donors (Lipinski definition) is 1. The topological polar surface area (TPSA) is 32.3 Å². The first kappa shape index (κ1) is 13.4. The first-order chi connectivity index (χ1) is 9.08. The van der Waals surface area contributed by atoms with Gasteiger partial charge in [-0.2, -0.15) is 0 Å². The summed E-state index contributed by atoms with van der Waals surface area (Å²) < 4.78 is 0.821. The number of rotatable bonds is 1. The molecule has 2 aliphatic heterocycles. The van der Waals surface area contributed by atoms with Crippen LogP contribution in [0.2, 0.25) is 5.02 Å². The zero-order valence-corrected chi connectivity index (χ0v) is 13.0. The molecular weight excluding hydrogens is 328 g/mol. The van der Waals surface area contributed by atoms with Crippen molar-refractivity contribution in [1.29, 1.82) is 0 Å². The summed E-state index contributed by atoms with van der Waals surface area (Å²) in [4.78, 5) is 14.6. The van der Waals surface area contributed by atoms with Gasteiger partial charge in [-0.25, -0.2) is 0 Å². The number of carbonyl (C=O) groups excluding carboxylic acids is 1. The van der Waals surface area contributed by atoms with Crippen LogP contribution < -0.4 is 5.32 Å². The van der Waals surface area contributed by atoms with E-state index in [1.165, 1.54) is 0 Å². The maximum absolute atomic E-state index is 12.6. The van der Waals surface area contributed by atoms with Crippen molar-refractivity contribution < 1.29 is 4.79 Å². The number of benzene rings is 1. The van der Waals surface area contributed by atoms with Crippen molar-refractivity contribution in [2.45, 2.75) is 13.0 Å². The highest BCUT2D eigenvalue weighted by molar-refractivity contribution is 9.10. The molecule has 2 saturated heterocycles. The van der Waals surface area contributed by atoms with E-state index < -0.39 is 0 Å². The minimum absolute atomic E-state index is 0.0938. The average molecular weight is 344 g/mol. The fourth-order valence-electron chi connectivity index (χ4n) is 3.23. The Kier molecular flexibility index (Phi) is 3.58. The van der Waals surface area contributed by atoms with Crippen LogP contribution in [0.25, 0.3) is 0 Å². The van der Waals surface area contributed by atoms with Gasteiger partial charge in [0.2, 0.25) is 0 Å². The lowest BCUT2D eigenvalue weighted by molar-refractivity contribution is 0.0728. The van der Waals surface area contributed by atoms with E-state index in [0.717, 1.165) is 24.1 Å². The minimum atomic E-state index is 0.0938. The molecule has 2 aliphatic rings. The highest BCUT2D eigenvalue weighted by Crippen LogP contribution is 2.33. The third-order valence-corrected chi connectivity index (χ3v) is 5.59. The monoisotopic (exact) mass is 342 g/mol. The number of hydrogen-bond acceptors (Lipinski definition) is 2. The lowest BCUT2D eigenvalue weighted by atomic mass is 9.95. The zero-order valence-electron chi connectivity index (χ0n) is 10.7. The predicted octanol–water partition coefficient (Wildman–Crippen LogP) is 2.78. The SMILES string of the molecule is CC1C2CNCC2CN1C(=O)c1ccc(Br)c(Cl)c1. The number of nitrogens with one attached hydrogen (secondary N) is 1. The summed E-state index contributed by atoms with van der Waals surface area (Å²) in [6, 6.07) is 5.71. The second-order valence-corrected chi connectivity index (χ2v) is 6.67. The molecule has 19 heavy (non-hydrogen) atoms. The second kappa shape index (κ2) is 5.08. The average Bonchev–Trinajstić information content (AvgIpc) is 2.95. The van der Waals surface area contributed by atoms with Crippen molar-refractivity contribution in [2.24, 2.45) is 11.8 Å². The Balaban J connectivity index is 1.82. The third-order valence-electron chi connectivity index (χ3n) is 4.36. The largest absolute Gasteiger partial charge is 0.335 e. The van der Waals surface area contributed by atoms with E-state index in [4.69, 9.17) is 11.6 Å². The third kappa shape index (κ3) is 2.30. The van der Waals surface area contributed by atoms with Gasteiger partial charge in [0.25, 0.3) is 5.91 Å². The van der Waals surface area contributed by atoms with Crippen molar-refractivity contribution in [3.63, 3.8) is 0 Å². The second-order valence-electron chi connectivity index (χ2n) is 5.41. The van der Waals surface area contributed by atoms with E-state index in [1.807, 2.05) is 17.0 Å². The highest BCUT2D eigenvalue weighted by Gasteiger charge is 2.43. The van der Waals surface area contributed by atoms with Crippen LogP contribution in [-0.2, 0) is 0 Å². The van der Waals surface area contributed by atoms with Crippen LogP contribution in [0.4, 0.5) is 0 Å². The van der Waals surface area contributed by atoms with Crippen LogP contribution in [0.3, 0.4) is 0 Å². The quantitative estimate of drug-likeness (QED) is 0.850. The Morgan fingerprint density at radius 3 is 2.95 bits per heavy atom. The van der Waals surface area contributed by atoms with Crippen LogP contribution in [0.5, 0.6) is 0 Å². The van der Waals surface area contributed by atoms with Crippen molar-refractivity contribution >= 4 is 33.4 Å². The van der Waals surface area contributed by atoms with Gasteiger partial charge in [-0.05, 0) is 52.9 Å². The molecule has 3 unspecified atom stereocenters. The summed E-state index contributed by atoms with van der Waals surface area (Å²) >= 11 is 9.42. The molecule has 3 rings (SSSR count). The fourth-order valence-corrected chi connectivity index (χ4v) is 3.66. The van der Waals surface area contributed by atoms with Crippen molar-refractivity contribution in [1.82, 2.24) is 10.2 Å². The van der Waals surface area contributed by atoms with Gasteiger partial charge in [0.05, 0.1) is 5.02 Å². The fraction of sp³-hybridized carbons (Fsp3) is 0.500. The van der Waals surface area contributed by atoms with E-state index in [-0.39, 0.29) is 5.91 Å². The van der Waals surface area contributed by atoms with Crippen LogP contribution in [0, 0.1) is 11.8 Å². The van der Waals surface area contributed by atoms with Crippen molar-refractivity contribution in [3.8, 4) is 0 Å². The van der Waals surface area contributed by atoms with Crippen LogP contribution in [0.15, 0.2) is 22.7 Å². The number of amides is 1. The molecule has 102 valence electrons. The number of likely N-dealkylation sites (tertiary alicyclic amines) is 1. The molecule has 0 spiro atoms. The molecule has 0 aliphatic carbocycles. The van der Waals surface area contributed by atoms with E-state index in [0.29, 0.717) is 28.5 Å². The van der Waals surface area contributed by atoms with Gasteiger partial charge in [0, 0.05) is 35.7 Å². The van der Waals surface area contributed by atoms with Gasteiger partial charge in [-0.15, -0.1) is 0 Å². The molecule has 0 bridgehead atoms. The molecule has 0 radical (unpaired) electrons. The Hall–Kier alpha value is -0.580. The summed E-state index contributed by atoms with van der Waals surface area (Å²) in [6.07, 6.45) is 0. The number of halogens is 2. The molecule has 3 nitrogen and oxygen atoms in total. The van der Waals surface area contributed by atoms with E-state index >= 15 is 0 Å². The summed E-state index contributed by atoms with van der Waals surface area (Å²) in [5.41, 5.74) is 0.674. The normalized spacial score (nSPS) is 29.6. The lowest BCUT2D eigenvalue weighted by Gasteiger charge is -2.24. The van der Waals surface area contributed by atoms with Crippen LogP contribution in [0.1, 0.15) is 17.3 Å². The number of fused-ring (bicyclic) bond motifs is 1. The van der Waals surface area contributed by atoms with Gasteiger partial charge < -0.3 is 10.2 Å². The highest BCUT2D eigenvalue weighted by atomic mass is 79.9. The standard InChI is InChI=1S/C14H16BrClN2O/c1-8-11-6-17-5-10(11)7-18(8)14(19)9-2-3-12(15)13(16)4-9/h2-4,8,10-11,17H,5-7H2,1H3. The van der Waals surface area contributed by atoms with E-state index in [2.05, 4.69) is 28.2 Å².